The first-order valence-electron chi connectivity index (χ1n) is 9.01. The zero-order valence-corrected chi connectivity index (χ0v) is 15.4. The second kappa shape index (κ2) is 8.12. The van der Waals surface area contributed by atoms with Gasteiger partial charge in [0.05, 0.1) is 12.5 Å². The molecule has 0 bridgehead atoms. The lowest BCUT2D eigenvalue weighted by atomic mass is 9.78. The van der Waals surface area contributed by atoms with E-state index in [1.54, 1.807) is 31.4 Å². The average Bonchev–Trinajstić information content (AvgIpc) is 3.19. The largest absolute Gasteiger partial charge is 0.497 e. The van der Waals surface area contributed by atoms with Gasteiger partial charge in [-0.25, -0.2) is 0 Å². The number of anilines is 1. The number of hydrogen-bond acceptors (Lipinski definition) is 4. The molecule has 0 aromatic heterocycles. The maximum absolute atomic E-state index is 13.2. The molecule has 1 aliphatic carbocycles. The Morgan fingerprint density at radius 2 is 1.59 bits per heavy atom. The molecular formula is C21H24N2O4. The molecule has 0 unspecified atom stereocenters. The van der Waals surface area contributed by atoms with Crippen molar-refractivity contribution >= 4 is 17.5 Å². The second-order valence-corrected chi connectivity index (χ2v) is 6.75. The molecule has 3 rings (SSSR count). The maximum Gasteiger partial charge on any atom is 0.255 e. The first kappa shape index (κ1) is 18.8. The Hall–Kier alpha value is -3.02. The summed E-state index contributed by atoms with van der Waals surface area (Å²) in [4.78, 5) is 23.9. The summed E-state index contributed by atoms with van der Waals surface area (Å²) in [6.07, 6.45) is 3.70. The lowest BCUT2D eigenvalue weighted by Crippen LogP contribution is -2.37. The van der Waals surface area contributed by atoms with Crippen LogP contribution in [0.5, 0.6) is 11.5 Å². The molecule has 1 aliphatic rings. The summed E-state index contributed by atoms with van der Waals surface area (Å²) < 4.78 is 10.5. The highest BCUT2D eigenvalue weighted by atomic mass is 16.5. The first-order valence-corrected chi connectivity index (χ1v) is 9.01. The van der Waals surface area contributed by atoms with Gasteiger partial charge in [0, 0.05) is 5.69 Å². The van der Waals surface area contributed by atoms with E-state index in [4.69, 9.17) is 15.2 Å². The van der Waals surface area contributed by atoms with Crippen molar-refractivity contribution in [3.63, 3.8) is 0 Å². The van der Waals surface area contributed by atoms with Crippen LogP contribution < -0.4 is 20.5 Å². The number of benzene rings is 2. The highest BCUT2D eigenvalue weighted by molar-refractivity contribution is 5.99. The van der Waals surface area contributed by atoms with Crippen LogP contribution in [0.1, 0.15) is 31.2 Å². The van der Waals surface area contributed by atoms with Crippen LogP contribution in [0.25, 0.3) is 0 Å². The quantitative estimate of drug-likeness (QED) is 0.786. The summed E-state index contributed by atoms with van der Waals surface area (Å²) in [5, 5.41) is 3.03. The number of ether oxygens (including phenoxy) is 2. The van der Waals surface area contributed by atoms with Crippen molar-refractivity contribution in [2.75, 3.05) is 19.0 Å². The summed E-state index contributed by atoms with van der Waals surface area (Å²) in [5.74, 6) is 0.766. The van der Waals surface area contributed by atoms with Crippen LogP contribution in [0.2, 0.25) is 0 Å². The monoisotopic (exact) mass is 368 g/mol. The molecule has 0 spiro atoms. The first-order chi connectivity index (χ1) is 13.0. The van der Waals surface area contributed by atoms with Crippen LogP contribution in [0.4, 0.5) is 5.69 Å². The van der Waals surface area contributed by atoms with E-state index in [1.807, 2.05) is 24.3 Å². The Morgan fingerprint density at radius 3 is 2.15 bits per heavy atom. The van der Waals surface area contributed by atoms with Gasteiger partial charge in [0.2, 0.25) is 5.91 Å². The summed E-state index contributed by atoms with van der Waals surface area (Å²) in [6.45, 7) is -0.174. The van der Waals surface area contributed by atoms with Crippen LogP contribution in [0, 0.1) is 0 Å². The van der Waals surface area contributed by atoms with Crippen LogP contribution in [-0.2, 0) is 15.0 Å². The van der Waals surface area contributed by atoms with E-state index in [0.717, 1.165) is 37.0 Å². The molecule has 0 aliphatic heterocycles. The van der Waals surface area contributed by atoms with Crippen molar-refractivity contribution in [3.8, 4) is 11.5 Å². The van der Waals surface area contributed by atoms with Crippen molar-refractivity contribution in [1.82, 2.24) is 0 Å². The van der Waals surface area contributed by atoms with E-state index in [9.17, 15) is 9.59 Å². The number of hydrogen-bond donors (Lipinski definition) is 2. The van der Waals surface area contributed by atoms with E-state index >= 15 is 0 Å². The molecule has 27 heavy (non-hydrogen) atoms. The summed E-state index contributed by atoms with van der Waals surface area (Å²) in [6, 6.07) is 14.7. The zero-order chi connectivity index (χ0) is 19.3. The van der Waals surface area contributed by atoms with Gasteiger partial charge in [-0.1, -0.05) is 25.0 Å². The number of rotatable bonds is 7. The minimum atomic E-state index is -0.532. The topological polar surface area (TPSA) is 90.7 Å². The maximum atomic E-state index is 13.2. The van der Waals surface area contributed by atoms with Crippen molar-refractivity contribution < 1.29 is 19.1 Å². The van der Waals surface area contributed by atoms with Gasteiger partial charge in [-0.3, -0.25) is 9.59 Å². The number of amides is 2. The smallest absolute Gasteiger partial charge is 0.255 e. The molecule has 1 saturated carbocycles. The highest BCUT2D eigenvalue weighted by Crippen LogP contribution is 2.42. The molecule has 0 radical (unpaired) electrons. The predicted molar refractivity (Wildman–Crippen MR) is 103 cm³/mol. The Balaban J connectivity index is 1.74. The summed E-state index contributed by atoms with van der Waals surface area (Å²) >= 11 is 0. The Kier molecular flexibility index (Phi) is 5.64. The average molecular weight is 368 g/mol. The Bertz CT molecular complexity index is 794. The molecule has 3 N–H and O–H groups in total. The molecule has 142 valence electrons. The Morgan fingerprint density at radius 1 is 1.00 bits per heavy atom. The van der Waals surface area contributed by atoms with Gasteiger partial charge in [-0.2, -0.15) is 0 Å². The third-order valence-corrected chi connectivity index (χ3v) is 5.03. The Labute approximate surface area is 158 Å². The van der Waals surface area contributed by atoms with Crippen molar-refractivity contribution in [1.29, 1.82) is 0 Å². The number of carbonyl (C=O) groups excluding carboxylic acids is 2. The second-order valence-electron chi connectivity index (χ2n) is 6.75. The van der Waals surface area contributed by atoms with Gasteiger partial charge < -0.3 is 20.5 Å². The molecule has 6 heteroatoms. The fourth-order valence-electron chi connectivity index (χ4n) is 3.58. The van der Waals surface area contributed by atoms with Crippen LogP contribution in [0.3, 0.4) is 0 Å². The highest BCUT2D eigenvalue weighted by Gasteiger charge is 2.42. The third-order valence-electron chi connectivity index (χ3n) is 5.03. The standard InChI is InChI=1S/C21H24N2O4/c1-26-17-8-4-15(5-9-17)21(12-2-3-13-21)20(25)23-16-6-10-18(11-7-16)27-14-19(22)24/h4-11H,2-3,12-14H2,1H3,(H2,22,24)(H,23,25). The van der Waals surface area contributed by atoms with E-state index in [0.29, 0.717) is 11.4 Å². The number of primary amides is 1. The van der Waals surface area contributed by atoms with Gasteiger partial charge in [0.1, 0.15) is 11.5 Å². The molecule has 6 nitrogen and oxygen atoms in total. The van der Waals surface area contributed by atoms with Crippen molar-refractivity contribution in [2.45, 2.75) is 31.1 Å². The molecule has 2 aromatic rings. The molecular weight excluding hydrogens is 344 g/mol. The van der Waals surface area contributed by atoms with Crippen molar-refractivity contribution in [2.24, 2.45) is 5.73 Å². The molecule has 2 aromatic carbocycles. The molecule has 0 saturated heterocycles. The molecule has 2 amide bonds. The van der Waals surface area contributed by atoms with E-state index in [1.165, 1.54) is 0 Å². The number of methoxy groups -OCH3 is 1. The number of carbonyl (C=O) groups is 2. The van der Waals surface area contributed by atoms with E-state index in [-0.39, 0.29) is 12.5 Å². The summed E-state index contributed by atoms with van der Waals surface area (Å²) in [7, 11) is 1.63. The van der Waals surface area contributed by atoms with Crippen LogP contribution in [0.15, 0.2) is 48.5 Å². The fraction of sp³-hybridized carbons (Fsp3) is 0.333. The van der Waals surface area contributed by atoms with Crippen LogP contribution >= 0.6 is 0 Å². The lowest BCUT2D eigenvalue weighted by molar-refractivity contribution is -0.121. The van der Waals surface area contributed by atoms with Crippen molar-refractivity contribution in [3.05, 3.63) is 54.1 Å². The minimum Gasteiger partial charge on any atom is -0.497 e. The van der Waals surface area contributed by atoms with Gasteiger partial charge in [-0.05, 0) is 54.8 Å². The number of nitrogens with two attached hydrogens (primary N) is 1. The zero-order valence-electron chi connectivity index (χ0n) is 15.4. The fourth-order valence-corrected chi connectivity index (χ4v) is 3.58. The van der Waals surface area contributed by atoms with Crippen LogP contribution in [-0.4, -0.2) is 25.5 Å². The third kappa shape index (κ3) is 4.22. The molecule has 1 fully saturated rings. The van der Waals surface area contributed by atoms with Gasteiger partial charge in [0.25, 0.3) is 5.91 Å². The van der Waals surface area contributed by atoms with E-state index in [2.05, 4.69) is 5.32 Å². The SMILES string of the molecule is COc1ccc(C2(C(=O)Nc3ccc(OCC(N)=O)cc3)CCCC2)cc1. The minimum absolute atomic E-state index is 0.00373. The number of nitrogens with one attached hydrogen (secondary N) is 1. The molecule has 0 heterocycles. The van der Waals surface area contributed by atoms with Gasteiger partial charge in [0.15, 0.2) is 6.61 Å². The predicted octanol–water partition coefficient (Wildman–Crippen LogP) is 3.01. The van der Waals surface area contributed by atoms with Gasteiger partial charge >= 0.3 is 0 Å². The molecule has 0 atom stereocenters. The lowest BCUT2D eigenvalue weighted by Gasteiger charge is -2.28. The summed E-state index contributed by atoms with van der Waals surface area (Å²) in [5.41, 5.74) is 6.24. The normalized spacial score (nSPS) is 15.1. The van der Waals surface area contributed by atoms with E-state index < -0.39 is 11.3 Å². The van der Waals surface area contributed by atoms with Gasteiger partial charge in [-0.15, -0.1) is 0 Å².